The second kappa shape index (κ2) is 12.5. The summed E-state index contributed by atoms with van der Waals surface area (Å²) in [6, 6.07) is 40.5. The van der Waals surface area contributed by atoms with E-state index >= 15 is 0 Å². The third-order valence-corrected chi connectivity index (χ3v) is 12.6. The maximum atomic E-state index is 14.6. The van der Waals surface area contributed by atoms with E-state index in [4.69, 9.17) is 9.47 Å². The van der Waals surface area contributed by atoms with Crippen LogP contribution in [-0.2, 0) is 35.8 Å². The highest BCUT2D eigenvalue weighted by Crippen LogP contribution is 2.70. The van der Waals surface area contributed by atoms with E-state index < -0.39 is 22.2 Å². The number of carbonyl (C=O) groups is 2. The predicted molar refractivity (Wildman–Crippen MR) is 195 cm³/mol. The molecule has 8 nitrogen and oxygen atoms in total. The lowest BCUT2D eigenvalue weighted by Gasteiger charge is -2.58. The standard InChI is InChI=1S/C43H48N4O4/c1-40-30-42(3)37-25-36(40)43(4,46(44(40)26-32-17-9-5-10-18-32)38(48)50-28-34-21-13-7-14-22-34)31-41(37,2)45(27-33-19-11-6-12-20-33)47(42)39(49)51-29-35-23-15-8-16-24-35/h5-24,36-37H,25-31H2,1-4H3/t36-,37-,40+,41+,42-,43-/m1/s1. The van der Waals surface area contributed by atoms with Crippen LogP contribution < -0.4 is 0 Å². The van der Waals surface area contributed by atoms with E-state index in [0.717, 1.165) is 28.7 Å². The van der Waals surface area contributed by atoms with Gasteiger partial charge in [0.25, 0.3) is 0 Å². The first-order valence-corrected chi connectivity index (χ1v) is 18.2. The Morgan fingerprint density at radius 1 is 0.510 bits per heavy atom. The molecule has 2 saturated carbocycles. The molecule has 4 aromatic rings. The van der Waals surface area contributed by atoms with E-state index in [1.807, 2.05) is 107 Å². The summed E-state index contributed by atoms with van der Waals surface area (Å²) in [5.74, 6) is 0.311. The topological polar surface area (TPSA) is 65.6 Å². The number of benzene rings is 4. The zero-order valence-corrected chi connectivity index (χ0v) is 30.1. The number of hydrogen-bond acceptors (Lipinski definition) is 6. The van der Waals surface area contributed by atoms with Crippen LogP contribution in [0.5, 0.6) is 0 Å². The van der Waals surface area contributed by atoms with Crippen molar-refractivity contribution in [2.45, 2.75) is 95.4 Å². The number of ether oxygens (including phenoxy) is 2. The summed E-state index contributed by atoms with van der Waals surface area (Å²) in [6.45, 7) is 10.6. The van der Waals surface area contributed by atoms with Crippen molar-refractivity contribution in [1.82, 2.24) is 20.0 Å². The zero-order chi connectivity index (χ0) is 35.4. The van der Waals surface area contributed by atoms with Gasteiger partial charge < -0.3 is 9.47 Å². The van der Waals surface area contributed by atoms with Crippen LogP contribution in [0.15, 0.2) is 121 Å². The van der Waals surface area contributed by atoms with Crippen LogP contribution in [0.2, 0.25) is 0 Å². The Labute approximate surface area is 301 Å². The minimum absolute atomic E-state index is 0.156. The molecule has 2 aliphatic carbocycles. The van der Waals surface area contributed by atoms with E-state index in [-0.39, 0.29) is 37.2 Å². The molecule has 0 aromatic heterocycles. The van der Waals surface area contributed by atoms with Gasteiger partial charge in [0.15, 0.2) is 0 Å². The van der Waals surface area contributed by atoms with Crippen LogP contribution in [0.25, 0.3) is 0 Å². The monoisotopic (exact) mass is 684 g/mol. The van der Waals surface area contributed by atoms with Crippen molar-refractivity contribution in [1.29, 1.82) is 0 Å². The van der Waals surface area contributed by atoms with Crippen LogP contribution >= 0.6 is 0 Å². The molecule has 51 heavy (non-hydrogen) atoms. The van der Waals surface area contributed by atoms with Gasteiger partial charge >= 0.3 is 12.2 Å². The predicted octanol–water partition coefficient (Wildman–Crippen LogP) is 8.59. The minimum atomic E-state index is -0.581. The second-order valence-corrected chi connectivity index (χ2v) is 15.9. The molecule has 6 atom stereocenters. The number of amides is 2. The summed E-state index contributed by atoms with van der Waals surface area (Å²) in [6.07, 6.45) is 1.54. The first-order chi connectivity index (χ1) is 24.6. The van der Waals surface area contributed by atoms with Gasteiger partial charge in [-0.25, -0.2) is 29.6 Å². The molecule has 8 heteroatoms. The molecule has 2 bridgehead atoms. The Bertz CT molecular complexity index is 1740. The Hall–Kier alpha value is -4.66. The molecule has 2 heterocycles. The lowest BCUT2D eigenvalue weighted by molar-refractivity contribution is -0.130. The molecule has 264 valence electrons. The van der Waals surface area contributed by atoms with Crippen molar-refractivity contribution in [3.63, 3.8) is 0 Å². The number of hydrogen-bond donors (Lipinski definition) is 0. The lowest BCUT2D eigenvalue weighted by atomic mass is 9.48. The average Bonchev–Trinajstić information content (AvgIpc) is 3.45. The first kappa shape index (κ1) is 33.5. The highest BCUT2D eigenvalue weighted by atomic mass is 16.6. The first-order valence-electron chi connectivity index (χ1n) is 18.2. The van der Waals surface area contributed by atoms with Crippen LogP contribution in [-0.4, -0.2) is 54.4 Å². The Kier molecular flexibility index (Phi) is 8.23. The molecular weight excluding hydrogens is 636 g/mol. The average molecular weight is 685 g/mol. The SMILES string of the molecule is C[C@]12C[C@]3(C)[C@@H]4C[C@H]1[C@@](C)(C[C@]4(C)N(Cc1ccccc1)N3C(=O)OCc1ccccc1)N(C(=O)OCc1ccccc1)N2Cc1ccccc1. The largest absolute Gasteiger partial charge is 0.444 e. The molecule has 0 spiro atoms. The van der Waals surface area contributed by atoms with Crippen molar-refractivity contribution < 1.29 is 19.1 Å². The fraction of sp³-hybridized carbons (Fsp3) is 0.395. The van der Waals surface area contributed by atoms with E-state index in [2.05, 4.69) is 62.0 Å². The van der Waals surface area contributed by atoms with Gasteiger partial charge in [-0.3, -0.25) is 0 Å². The molecule has 4 fully saturated rings. The summed E-state index contributed by atoms with van der Waals surface area (Å²) < 4.78 is 12.4. The highest BCUT2D eigenvalue weighted by Gasteiger charge is 2.79. The van der Waals surface area contributed by atoms with E-state index in [1.54, 1.807) is 0 Å². The van der Waals surface area contributed by atoms with Crippen molar-refractivity contribution in [2.24, 2.45) is 11.8 Å². The molecule has 0 N–H and O–H groups in total. The molecular formula is C43H48N4O4. The van der Waals surface area contributed by atoms with Crippen molar-refractivity contribution in [3.8, 4) is 0 Å². The minimum Gasteiger partial charge on any atom is -0.444 e. The van der Waals surface area contributed by atoms with Gasteiger partial charge in [0.05, 0.1) is 11.1 Å². The van der Waals surface area contributed by atoms with Gasteiger partial charge in [0, 0.05) is 36.0 Å². The third kappa shape index (κ3) is 5.42. The van der Waals surface area contributed by atoms with Crippen LogP contribution in [0.1, 0.15) is 69.2 Å². The normalized spacial score (nSPS) is 31.1. The van der Waals surface area contributed by atoms with Crippen molar-refractivity contribution >= 4 is 12.2 Å². The summed E-state index contributed by atoms with van der Waals surface area (Å²) in [4.78, 5) is 29.2. The Balaban J connectivity index is 1.22. The second-order valence-electron chi connectivity index (χ2n) is 15.9. The molecule has 4 aromatic carbocycles. The molecule has 0 unspecified atom stereocenters. The quantitative estimate of drug-likeness (QED) is 0.185. The van der Waals surface area contributed by atoms with E-state index in [0.29, 0.717) is 25.9 Å². The van der Waals surface area contributed by atoms with E-state index in [9.17, 15) is 9.59 Å². The van der Waals surface area contributed by atoms with Crippen LogP contribution in [0.3, 0.4) is 0 Å². The van der Waals surface area contributed by atoms with Gasteiger partial charge in [-0.1, -0.05) is 121 Å². The summed E-state index contributed by atoms with van der Waals surface area (Å²) in [5.41, 5.74) is 2.05. The number of hydrazine groups is 2. The molecule has 2 saturated heterocycles. The Morgan fingerprint density at radius 3 is 1.16 bits per heavy atom. The fourth-order valence-electron chi connectivity index (χ4n) is 10.7. The number of rotatable bonds is 8. The van der Waals surface area contributed by atoms with Crippen molar-refractivity contribution in [3.05, 3.63) is 144 Å². The van der Waals surface area contributed by atoms with Crippen molar-refractivity contribution in [2.75, 3.05) is 0 Å². The molecule has 8 rings (SSSR count). The summed E-state index contributed by atoms with van der Waals surface area (Å²) >= 11 is 0. The number of carbonyl (C=O) groups excluding carboxylic acids is 2. The van der Waals surface area contributed by atoms with Gasteiger partial charge in [0.2, 0.25) is 0 Å². The maximum Gasteiger partial charge on any atom is 0.425 e. The molecule has 0 radical (unpaired) electrons. The van der Waals surface area contributed by atoms with Gasteiger partial charge in [-0.05, 0) is 69.2 Å². The third-order valence-electron chi connectivity index (χ3n) is 12.6. The summed E-state index contributed by atoms with van der Waals surface area (Å²) in [5, 5.41) is 8.55. The highest BCUT2D eigenvalue weighted by molar-refractivity contribution is 5.71. The number of nitrogens with zero attached hydrogens (tertiary/aromatic N) is 4. The lowest BCUT2D eigenvalue weighted by Crippen LogP contribution is -2.66. The van der Waals surface area contributed by atoms with Crippen LogP contribution in [0, 0.1) is 11.8 Å². The maximum absolute atomic E-state index is 14.6. The van der Waals surface area contributed by atoms with Gasteiger partial charge in [0.1, 0.15) is 13.2 Å². The molecule has 2 amide bonds. The van der Waals surface area contributed by atoms with E-state index in [1.165, 1.54) is 0 Å². The van der Waals surface area contributed by atoms with Crippen LogP contribution in [0.4, 0.5) is 9.59 Å². The molecule has 2 aliphatic heterocycles. The van der Waals surface area contributed by atoms with Gasteiger partial charge in [-0.15, -0.1) is 0 Å². The summed E-state index contributed by atoms with van der Waals surface area (Å²) in [7, 11) is 0. The Morgan fingerprint density at radius 2 is 0.824 bits per heavy atom. The molecule has 4 aliphatic rings. The zero-order valence-electron chi connectivity index (χ0n) is 30.1. The fourth-order valence-corrected chi connectivity index (χ4v) is 10.7. The smallest absolute Gasteiger partial charge is 0.425 e. The van der Waals surface area contributed by atoms with Gasteiger partial charge in [-0.2, -0.15) is 0 Å².